The highest BCUT2D eigenvalue weighted by molar-refractivity contribution is 5.29. The monoisotopic (exact) mass is 286 g/mol. The van der Waals surface area contributed by atoms with Crippen molar-refractivity contribution in [2.24, 2.45) is 0 Å². The SMILES string of the molecule is Cc1cnc(NCc2ccnc(OC3CCOC3)c2)nc1. The molecule has 0 bridgehead atoms. The average molecular weight is 286 g/mol. The fourth-order valence-electron chi connectivity index (χ4n) is 2.07. The minimum atomic E-state index is 0.112. The maximum atomic E-state index is 5.79. The molecule has 1 aliphatic heterocycles. The molecule has 110 valence electrons. The Balaban J connectivity index is 1.58. The van der Waals surface area contributed by atoms with Crippen molar-refractivity contribution in [2.75, 3.05) is 18.5 Å². The van der Waals surface area contributed by atoms with Crippen LogP contribution in [-0.2, 0) is 11.3 Å². The van der Waals surface area contributed by atoms with Crippen LogP contribution < -0.4 is 10.1 Å². The van der Waals surface area contributed by atoms with E-state index in [1.807, 2.05) is 19.1 Å². The Hall–Kier alpha value is -2.21. The Kier molecular flexibility index (Phi) is 4.25. The molecular weight excluding hydrogens is 268 g/mol. The highest BCUT2D eigenvalue weighted by Gasteiger charge is 2.17. The summed E-state index contributed by atoms with van der Waals surface area (Å²) in [6, 6.07) is 3.87. The van der Waals surface area contributed by atoms with Gasteiger partial charge < -0.3 is 14.8 Å². The minimum Gasteiger partial charge on any atom is -0.472 e. The molecule has 0 saturated carbocycles. The lowest BCUT2D eigenvalue weighted by Crippen LogP contribution is -2.16. The Bertz CT molecular complexity index is 582. The summed E-state index contributed by atoms with van der Waals surface area (Å²) >= 11 is 0. The summed E-state index contributed by atoms with van der Waals surface area (Å²) in [5, 5.41) is 3.18. The van der Waals surface area contributed by atoms with Crippen molar-refractivity contribution in [2.45, 2.75) is 26.0 Å². The van der Waals surface area contributed by atoms with Gasteiger partial charge in [-0.1, -0.05) is 0 Å². The largest absolute Gasteiger partial charge is 0.472 e. The smallest absolute Gasteiger partial charge is 0.222 e. The first kappa shape index (κ1) is 13.8. The predicted molar refractivity (Wildman–Crippen MR) is 78.2 cm³/mol. The van der Waals surface area contributed by atoms with Crippen molar-refractivity contribution in [1.29, 1.82) is 0 Å². The van der Waals surface area contributed by atoms with Gasteiger partial charge in [-0.05, 0) is 24.1 Å². The number of pyridine rings is 1. The molecule has 3 heterocycles. The standard InChI is InChI=1S/C15H18N4O2/c1-11-7-17-15(18-8-11)19-9-12-2-4-16-14(6-12)21-13-3-5-20-10-13/h2,4,6-8,13H,3,5,9-10H2,1H3,(H,17,18,19). The van der Waals surface area contributed by atoms with Crippen LogP contribution in [0.5, 0.6) is 5.88 Å². The molecule has 0 radical (unpaired) electrons. The predicted octanol–water partition coefficient (Wildman–Crippen LogP) is 1.96. The molecule has 2 aromatic heterocycles. The van der Waals surface area contributed by atoms with Crippen LogP contribution in [0, 0.1) is 6.92 Å². The molecule has 6 heteroatoms. The third-order valence-corrected chi connectivity index (χ3v) is 3.21. The van der Waals surface area contributed by atoms with Crippen molar-refractivity contribution >= 4 is 5.95 Å². The van der Waals surface area contributed by atoms with E-state index in [2.05, 4.69) is 20.3 Å². The number of ether oxygens (including phenoxy) is 2. The third kappa shape index (κ3) is 3.88. The van der Waals surface area contributed by atoms with E-state index in [1.165, 1.54) is 0 Å². The van der Waals surface area contributed by atoms with Crippen molar-refractivity contribution < 1.29 is 9.47 Å². The lowest BCUT2D eigenvalue weighted by Gasteiger charge is -2.11. The molecule has 1 unspecified atom stereocenters. The molecule has 1 aliphatic rings. The Labute approximate surface area is 123 Å². The lowest BCUT2D eigenvalue weighted by molar-refractivity contribution is 0.138. The van der Waals surface area contributed by atoms with Crippen LogP contribution in [0.3, 0.4) is 0 Å². The van der Waals surface area contributed by atoms with E-state index in [0.29, 0.717) is 25.0 Å². The summed E-state index contributed by atoms with van der Waals surface area (Å²) in [5.74, 6) is 1.25. The zero-order valence-electron chi connectivity index (χ0n) is 12.0. The maximum Gasteiger partial charge on any atom is 0.222 e. The van der Waals surface area contributed by atoms with Crippen LogP contribution in [-0.4, -0.2) is 34.3 Å². The summed E-state index contributed by atoms with van der Waals surface area (Å²) in [6.07, 6.45) is 6.35. The summed E-state index contributed by atoms with van der Waals surface area (Å²) in [7, 11) is 0. The van der Waals surface area contributed by atoms with E-state index >= 15 is 0 Å². The third-order valence-electron chi connectivity index (χ3n) is 3.21. The highest BCUT2D eigenvalue weighted by Crippen LogP contribution is 2.16. The summed E-state index contributed by atoms with van der Waals surface area (Å²) in [6.45, 7) is 3.99. The topological polar surface area (TPSA) is 69.2 Å². The van der Waals surface area contributed by atoms with Crippen LogP contribution in [0.15, 0.2) is 30.7 Å². The van der Waals surface area contributed by atoms with Gasteiger partial charge in [0.05, 0.1) is 13.2 Å². The summed E-state index contributed by atoms with van der Waals surface area (Å²) < 4.78 is 11.1. The first-order valence-electron chi connectivity index (χ1n) is 7.01. The fourth-order valence-corrected chi connectivity index (χ4v) is 2.07. The number of hydrogen-bond acceptors (Lipinski definition) is 6. The quantitative estimate of drug-likeness (QED) is 0.906. The van der Waals surface area contributed by atoms with Crippen molar-refractivity contribution in [3.8, 4) is 5.88 Å². The molecular formula is C15H18N4O2. The molecule has 0 amide bonds. The average Bonchev–Trinajstić information content (AvgIpc) is 3.00. The molecule has 1 N–H and O–H groups in total. The van der Waals surface area contributed by atoms with Gasteiger partial charge in [0.15, 0.2) is 0 Å². The Morgan fingerprint density at radius 3 is 2.95 bits per heavy atom. The normalized spacial score (nSPS) is 17.7. The van der Waals surface area contributed by atoms with Crippen molar-refractivity contribution in [3.63, 3.8) is 0 Å². The van der Waals surface area contributed by atoms with Gasteiger partial charge in [-0.25, -0.2) is 15.0 Å². The van der Waals surface area contributed by atoms with Crippen LogP contribution >= 0.6 is 0 Å². The van der Waals surface area contributed by atoms with Crippen molar-refractivity contribution in [3.05, 3.63) is 41.9 Å². The zero-order chi connectivity index (χ0) is 14.5. The molecule has 0 aromatic carbocycles. The number of anilines is 1. The van der Waals surface area contributed by atoms with Gasteiger partial charge in [0.2, 0.25) is 11.8 Å². The molecule has 6 nitrogen and oxygen atoms in total. The molecule has 0 aliphatic carbocycles. The van der Waals surface area contributed by atoms with Crippen LogP contribution in [0.2, 0.25) is 0 Å². The Morgan fingerprint density at radius 2 is 2.19 bits per heavy atom. The van der Waals surface area contributed by atoms with Gasteiger partial charge in [-0.15, -0.1) is 0 Å². The summed E-state index contributed by atoms with van der Waals surface area (Å²) in [5.41, 5.74) is 2.11. The second-order valence-electron chi connectivity index (χ2n) is 5.04. The number of rotatable bonds is 5. The van der Waals surface area contributed by atoms with Gasteiger partial charge in [-0.3, -0.25) is 0 Å². The van der Waals surface area contributed by atoms with E-state index in [4.69, 9.17) is 9.47 Å². The fraction of sp³-hybridized carbons (Fsp3) is 0.400. The highest BCUT2D eigenvalue weighted by atomic mass is 16.5. The molecule has 2 aromatic rings. The van der Waals surface area contributed by atoms with Crippen molar-refractivity contribution in [1.82, 2.24) is 15.0 Å². The molecule has 1 fully saturated rings. The van der Waals surface area contributed by atoms with E-state index in [1.54, 1.807) is 18.6 Å². The van der Waals surface area contributed by atoms with Gasteiger partial charge >= 0.3 is 0 Å². The number of hydrogen-bond donors (Lipinski definition) is 1. The van der Waals surface area contributed by atoms with E-state index in [9.17, 15) is 0 Å². The number of nitrogens with zero attached hydrogens (tertiary/aromatic N) is 3. The zero-order valence-corrected chi connectivity index (χ0v) is 12.0. The van der Waals surface area contributed by atoms with E-state index in [-0.39, 0.29) is 6.10 Å². The van der Waals surface area contributed by atoms with Gasteiger partial charge in [0.25, 0.3) is 0 Å². The first-order chi connectivity index (χ1) is 10.3. The summed E-state index contributed by atoms with van der Waals surface area (Å²) in [4.78, 5) is 12.7. The van der Waals surface area contributed by atoms with Gasteiger partial charge in [-0.2, -0.15) is 0 Å². The first-order valence-corrected chi connectivity index (χ1v) is 7.01. The number of nitrogens with one attached hydrogen (secondary N) is 1. The number of aryl methyl sites for hydroxylation is 1. The van der Waals surface area contributed by atoms with Gasteiger partial charge in [0.1, 0.15) is 6.10 Å². The van der Waals surface area contributed by atoms with E-state index < -0.39 is 0 Å². The minimum absolute atomic E-state index is 0.112. The Morgan fingerprint density at radius 1 is 1.33 bits per heavy atom. The number of aromatic nitrogens is 3. The second kappa shape index (κ2) is 6.49. The molecule has 1 atom stereocenters. The molecule has 21 heavy (non-hydrogen) atoms. The van der Waals surface area contributed by atoms with Crippen LogP contribution in [0.1, 0.15) is 17.5 Å². The lowest BCUT2D eigenvalue weighted by atomic mass is 10.2. The van der Waals surface area contributed by atoms with Crippen LogP contribution in [0.4, 0.5) is 5.95 Å². The molecule has 0 spiro atoms. The van der Waals surface area contributed by atoms with Gasteiger partial charge in [0, 0.05) is 37.6 Å². The van der Waals surface area contributed by atoms with Crippen LogP contribution in [0.25, 0.3) is 0 Å². The van der Waals surface area contributed by atoms with E-state index in [0.717, 1.165) is 24.2 Å². The molecule has 1 saturated heterocycles. The maximum absolute atomic E-state index is 5.79. The molecule has 3 rings (SSSR count). The second-order valence-corrected chi connectivity index (χ2v) is 5.04.